The summed E-state index contributed by atoms with van der Waals surface area (Å²) in [5, 5.41) is 11.9. The molecule has 1 aliphatic carbocycles. The number of aliphatic imine (C=N–C) groups is 1. The van der Waals surface area contributed by atoms with E-state index >= 15 is 0 Å². The van der Waals surface area contributed by atoms with Crippen LogP contribution in [0.3, 0.4) is 0 Å². The Morgan fingerprint density at radius 2 is 2.46 bits per heavy atom. The van der Waals surface area contributed by atoms with Gasteiger partial charge in [0, 0.05) is 0 Å². The van der Waals surface area contributed by atoms with Gasteiger partial charge in [0.25, 0.3) is 0 Å². The molecule has 0 aromatic rings. The number of nitrogens with zero attached hydrogens (tertiary/aromatic N) is 1. The van der Waals surface area contributed by atoms with Crippen LogP contribution in [0.2, 0.25) is 0 Å². The third-order valence-corrected chi connectivity index (χ3v) is 2.03. The number of carbonyl (C=O) groups is 1. The Morgan fingerprint density at radius 3 is 3.15 bits per heavy atom. The normalized spacial score (nSPS) is 24.6. The van der Waals surface area contributed by atoms with E-state index in [0.29, 0.717) is 16.5 Å². The van der Waals surface area contributed by atoms with Gasteiger partial charge >= 0.3 is 5.97 Å². The van der Waals surface area contributed by atoms with Crippen LogP contribution in [0.5, 0.6) is 0 Å². The minimum absolute atomic E-state index is 0.386. The van der Waals surface area contributed by atoms with Crippen LogP contribution in [0.15, 0.2) is 28.9 Å². The number of fused-ring (bicyclic) bond motifs is 1. The number of carboxylic acid groups (broad SMARTS) is 1. The summed E-state index contributed by atoms with van der Waals surface area (Å²) in [4.78, 5) is 14.6. The van der Waals surface area contributed by atoms with Crippen LogP contribution in [0, 0.1) is 5.92 Å². The second-order valence-corrected chi connectivity index (χ2v) is 3.12. The molecule has 0 fully saturated rings. The highest BCUT2D eigenvalue weighted by molar-refractivity contribution is 7.80. The first kappa shape index (κ1) is 8.12. The fraction of sp³-hybridized carbons (Fsp3) is 0.125. The number of rotatable bonds is 1. The molecule has 0 saturated heterocycles. The molecule has 0 spiro atoms. The van der Waals surface area contributed by atoms with E-state index in [1.165, 1.54) is 0 Å². The summed E-state index contributed by atoms with van der Waals surface area (Å²) < 4.78 is 0. The van der Waals surface area contributed by atoms with Crippen molar-refractivity contribution < 1.29 is 9.90 Å². The van der Waals surface area contributed by atoms with Gasteiger partial charge in [-0.3, -0.25) is 4.79 Å². The highest BCUT2D eigenvalue weighted by atomic mass is 32.1. The topological polar surface area (TPSA) is 61.7 Å². The summed E-state index contributed by atoms with van der Waals surface area (Å²) in [6.45, 7) is 0. The quantitative estimate of drug-likeness (QED) is 0.596. The Morgan fingerprint density at radius 1 is 1.69 bits per heavy atom. The fourth-order valence-electron chi connectivity index (χ4n) is 1.21. The Kier molecular flexibility index (Phi) is 1.73. The summed E-state index contributed by atoms with van der Waals surface area (Å²) in [5.74, 6) is -1.45. The lowest BCUT2D eigenvalue weighted by atomic mass is 10.0. The number of carboxylic acids is 1. The summed E-state index contributed by atoms with van der Waals surface area (Å²) in [7, 11) is 0. The van der Waals surface area contributed by atoms with Crippen molar-refractivity contribution in [2.75, 3.05) is 0 Å². The third kappa shape index (κ3) is 1.38. The Hall–Kier alpha value is -1.49. The van der Waals surface area contributed by atoms with Crippen LogP contribution in [0.25, 0.3) is 0 Å². The van der Waals surface area contributed by atoms with Crippen molar-refractivity contribution in [1.29, 1.82) is 0 Å². The average Bonchev–Trinajstić information content (AvgIpc) is 2.42. The van der Waals surface area contributed by atoms with Crippen LogP contribution in [-0.2, 0) is 4.79 Å². The number of allylic oxidation sites excluding steroid dienone is 1. The van der Waals surface area contributed by atoms with E-state index in [1.807, 2.05) is 0 Å². The van der Waals surface area contributed by atoms with Gasteiger partial charge in [0.15, 0.2) is 5.11 Å². The fourth-order valence-corrected chi connectivity index (χ4v) is 1.42. The average molecular weight is 194 g/mol. The van der Waals surface area contributed by atoms with Gasteiger partial charge in [-0.2, -0.15) is 0 Å². The van der Waals surface area contributed by atoms with E-state index in [0.717, 1.165) is 0 Å². The zero-order valence-electron chi connectivity index (χ0n) is 6.52. The van der Waals surface area contributed by atoms with Gasteiger partial charge in [0.1, 0.15) is 0 Å². The minimum Gasteiger partial charge on any atom is -0.481 e. The van der Waals surface area contributed by atoms with Crippen LogP contribution in [0.1, 0.15) is 0 Å². The van der Waals surface area contributed by atoms with Crippen molar-refractivity contribution in [2.45, 2.75) is 0 Å². The Bertz CT molecular complexity index is 382. The molecule has 0 aromatic heterocycles. The zero-order valence-corrected chi connectivity index (χ0v) is 7.34. The number of thiocarbonyl (C=S) groups is 1. The molecule has 0 saturated carbocycles. The lowest BCUT2D eigenvalue weighted by molar-refractivity contribution is -0.138. The number of aliphatic carboxylic acids is 1. The molecule has 66 valence electrons. The number of hydrogen-bond donors (Lipinski definition) is 2. The van der Waals surface area contributed by atoms with Gasteiger partial charge < -0.3 is 10.4 Å². The molecule has 1 atom stereocenters. The number of nitrogens with one attached hydrogen (secondary N) is 1. The minimum atomic E-state index is -0.873. The van der Waals surface area contributed by atoms with Crippen LogP contribution in [-0.4, -0.2) is 21.9 Å². The highest BCUT2D eigenvalue weighted by Crippen LogP contribution is 2.16. The molecule has 0 bridgehead atoms. The smallest absolute Gasteiger partial charge is 0.314 e. The molecular weight excluding hydrogens is 188 g/mol. The van der Waals surface area contributed by atoms with Crippen molar-refractivity contribution in [3.05, 3.63) is 23.9 Å². The second kappa shape index (κ2) is 2.77. The van der Waals surface area contributed by atoms with E-state index in [2.05, 4.69) is 10.3 Å². The first-order valence-electron chi connectivity index (χ1n) is 3.70. The van der Waals surface area contributed by atoms with E-state index in [-0.39, 0.29) is 0 Å². The molecule has 0 aromatic carbocycles. The van der Waals surface area contributed by atoms with Crippen molar-refractivity contribution in [3.8, 4) is 0 Å². The molecule has 2 N–H and O–H groups in total. The molecule has 1 aliphatic heterocycles. The lowest BCUT2D eigenvalue weighted by Gasteiger charge is -2.09. The molecule has 5 heteroatoms. The monoisotopic (exact) mass is 194 g/mol. The van der Waals surface area contributed by atoms with E-state index in [1.54, 1.807) is 18.2 Å². The molecular formula is C8H6N2O2S. The van der Waals surface area contributed by atoms with Gasteiger partial charge in [-0.05, 0) is 24.4 Å². The van der Waals surface area contributed by atoms with Gasteiger partial charge in [0.2, 0.25) is 0 Å². The predicted molar refractivity (Wildman–Crippen MR) is 51.5 cm³/mol. The summed E-state index contributed by atoms with van der Waals surface area (Å²) in [5.41, 5.74) is 1.41. The van der Waals surface area contributed by atoms with E-state index in [4.69, 9.17) is 17.3 Å². The standard InChI is InChI=1S/C8H6N2O2S/c11-7(12)4-1-2-5-6(3-4)10-8(13)9-5/h1-4H,(H,10,13)(H,11,12). The molecule has 1 heterocycles. The summed E-state index contributed by atoms with van der Waals surface area (Å²) in [6, 6.07) is 0. The SMILES string of the molecule is O=C(O)C1C=CC2=NC(=S)NC2=C1. The Labute approximate surface area is 79.7 Å². The van der Waals surface area contributed by atoms with Crippen molar-refractivity contribution in [1.82, 2.24) is 5.32 Å². The maximum atomic E-state index is 10.6. The van der Waals surface area contributed by atoms with E-state index < -0.39 is 11.9 Å². The van der Waals surface area contributed by atoms with Crippen LogP contribution in [0.4, 0.5) is 0 Å². The maximum absolute atomic E-state index is 10.6. The highest BCUT2D eigenvalue weighted by Gasteiger charge is 2.22. The largest absolute Gasteiger partial charge is 0.481 e. The molecule has 1 unspecified atom stereocenters. The Balaban J connectivity index is 2.32. The predicted octanol–water partition coefficient (Wildman–Crippen LogP) is 0.470. The summed E-state index contributed by atoms with van der Waals surface area (Å²) in [6.07, 6.45) is 4.85. The van der Waals surface area contributed by atoms with Crippen molar-refractivity contribution in [2.24, 2.45) is 10.9 Å². The third-order valence-electron chi connectivity index (χ3n) is 1.83. The molecule has 4 nitrogen and oxygen atoms in total. The zero-order chi connectivity index (χ0) is 9.42. The molecule has 0 amide bonds. The first-order chi connectivity index (χ1) is 6.16. The number of hydrogen-bond acceptors (Lipinski definition) is 2. The molecule has 0 radical (unpaired) electrons. The molecule has 2 rings (SSSR count). The van der Waals surface area contributed by atoms with Gasteiger partial charge in [-0.25, -0.2) is 4.99 Å². The van der Waals surface area contributed by atoms with Gasteiger partial charge in [-0.15, -0.1) is 0 Å². The molecule has 2 aliphatic rings. The van der Waals surface area contributed by atoms with Crippen molar-refractivity contribution in [3.63, 3.8) is 0 Å². The van der Waals surface area contributed by atoms with Gasteiger partial charge in [0.05, 0.1) is 17.3 Å². The van der Waals surface area contributed by atoms with Gasteiger partial charge in [-0.1, -0.05) is 6.08 Å². The van der Waals surface area contributed by atoms with E-state index in [9.17, 15) is 4.79 Å². The molecule has 13 heavy (non-hydrogen) atoms. The maximum Gasteiger partial charge on any atom is 0.314 e. The first-order valence-corrected chi connectivity index (χ1v) is 4.10. The summed E-state index contributed by atoms with van der Waals surface area (Å²) >= 11 is 4.82. The van der Waals surface area contributed by atoms with Crippen LogP contribution < -0.4 is 5.32 Å². The van der Waals surface area contributed by atoms with Crippen molar-refractivity contribution >= 4 is 29.0 Å². The lowest BCUT2D eigenvalue weighted by Crippen LogP contribution is -2.20. The van der Waals surface area contributed by atoms with Crippen LogP contribution >= 0.6 is 12.2 Å². The second-order valence-electron chi connectivity index (χ2n) is 2.73.